The second-order valence-corrected chi connectivity index (χ2v) is 2.36. The first-order chi connectivity index (χ1) is 5.41. The zero-order chi connectivity index (χ0) is 8.36. The van der Waals surface area contributed by atoms with Gasteiger partial charge < -0.3 is 4.84 Å². The fourth-order valence-electron chi connectivity index (χ4n) is 0.765. The van der Waals surface area contributed by atoms with Crippen LogP contribution in [0.3, 0.4) is 0 Å². The molecule has 64 valence electrons. The summed E-state index contributed by atoms with van der Waals surface area (Å²) in [5, 5.41) is 3.58. The van der Waals surface area contributed by atoms with Gasteiger partial charge in [0.2, 0.25) is 0 Å². The Labute approximate surface area is 68.9 Å². The van der Waals surface area contributed by atoms with E-state index in [1.54, 1.807) is 13.3 Å². The van der Waals surface area contributed by atoms with Crippen molar-refractivity contribution < 1.29 is 4.84 Å². The molecule has 0 radical (unpaired) electrons. The second kappa shape index (κ2) is 9.21. The van der Waals surface area contributed by atoms with Crippen molar-refractivity contribution in [1.29, 1.82) is 0 Å². The normalized spacial score (nSPS) is 11.5. The minimum atomic E-state index is 1.14. The second-order valence-electron chi connectivity index (χ2n) is 2.36. The van der Waals surface area contributed by atoms with Crippen molar-refractivity contribution in [1.82, 2.24) is 0 Å². The van der Waals surface area contributed by atoms with Crippen molar-refractivity contribution in [3.63, 3.8) is 0 Å². The summed E-state index contributed by atoms with van der Waals surface area (Å²) in [5.74, 6) is 0. The maximum Gasteiger partial charge on any atom is 0.106 e. The largest absolute Gasteiger partial charge is 0.399 e. The number of hydrogen-bond acceptors (Lipinski definition) is 2. The van der Waals surface area contributed by atoms with Crippen LogP contribution in [-0.4, -0.2) is 13.3 Å². The third-order valence-corrected chi connectivity index (χ3v) is 1.36. The first-order valence-electron chi connectivity index (χ1n) is 4.13. The third kappa shape index (κ3) is 9.21. The first-order valence-corrected chi connectivity index (χ1v) is 4.13. The Morgan fingerprint density at radius 3 is 2.82 bits per heavy atom. The van der Waals surface area contributed by atoms with E-state index >= 15 is 0 Å². The molecular formula is C9H17NO. The van der Waals surface area contributed by atoms with Crippen molar-refractivity contribution in [2.45, 2.75) is 32.6 Å². The lowest BCUT2D eigenvalue weighted by Gasteiger charge is -1.89. The molecule has 0 rings (SSSR count). The van der Waals surface area contributed by atoms with Crippen molar-refractivity contribution in [3.05, 3.63) is 12.2 Å². The van der Waals surface area contributed by atoms with Crippen LogP contribution in [0.4, 0.5) is 0 Å². The number of allylic oxidation sites excluding steroid dienone is 2. The van der Waals surface area contributed by atoms with Gasteiger partial charge in [-0.3, -0.25) is 0 Å². The predicted molar refractivity (Wildman–Crippen MR) is 48.8 cm³/mol. The van der Waals surface area contributed by atoms with E-state index in [9.17, 15) is 0 Å². The van der Waals surface area contributed by atoms with E-state index in [0.29, 0.717) is 0 Å². The molecule has 0 amide bonds. The summed E-state index contributed by atoms with van der Waals surface area (Å²) in [6, 6.07) is 0. The van der Waals surface area contributed by atoms with Gasteiger partial charge in [-0.05, 0) is 18.9 Å². The molecule has 0 aliphatic heterocycles. The Kier molecular flexibility index (Phi) is 8.55. The average Bonchev–Trinajstić information content (AvgIpc) is 2.03. The zero-order valence-electron chi connectivity index (χ0n) is 7.42. The smallest absolute Gasteiger partial charge is 0.106 e. The van der Waals surface area contributed by atoms with Gasteiger partial charge in [0.1, 0.15) is 7.11 Å². The van der Waals surface area contributed by atoms with Crippen LogP contribution < -0.4 is 0 Å². The Morgan fingerprint density at radius 1 is 1.36 bits per heavy atom. The highest BCUT2D eigenvalue weighted by Gasteiger charge is 1.79. The van der Waals surface area contributed by atoms with Crippen LogP contribution in [0.5, 0.6) is 0 Å². The number of unbranched alkanes of at least 4 members (excludes halogenated alkanes) is 3. The molecule has 0 aromatic carbocycles. The lowest BCUT2D eigenvalue weighted by Crippen LogP contribution is -1.72. The summed E-state index contributed by atoms with van der Waals surface area (Å²) in [4.78, 5) is 4.49. The summed E-state index contributed by atoms with van der Waals surface area (Å²) >= 11 is 0. The number of rotatable bonds is 6. The van der Waals surface area contributed by atoms with Gasteiger partial charge in [-0.1, -0.05) is 31.0 Å². The molecule has 0 fully saturated rings. The Balaban J connectivity index is 3.09. The molecule has 0 heterocycles. The molecule has 0 aliphatic rings. The van der Waals surface area contributed by atoms with Gasteiger partial charge in [0.25, 0.3) is 0 Å². The van der Waals surface area contributed by atoms with E-state index in [2.05, 4.69) is 23.0 Å². The lowest BCUT2D eigenvalue weighted by molar-refractivity contribution is 0.215. The molecule has 11 heavy (non-hydrogen) atoms. The summed E-state index contributed by atoms with van der Waals surface area (Å²) in [6.07, 6.45) is 10.7. The number of hydrogen-bond donors (Lipinski definition) is 0. The van der Waals surface area contributed by atoms with Crippen LogP contribution in [0.15, 0.2) is 17.3 Å². The van der Waals surface area contributed by atoms with Crippen LogP contribution in [0.2, 0.25) is 0 Å². The van der Waals surface area contributed by atoms with Gasteiger partial charge >= 0.3 is 0 Å². The van der Waals surface area contributed by atoms with Crippen molar-refractivity contribution in [2.24, 2.45) is 5.16 Å². The Bertz CT molecular complexity index is 119. The molecule has 0 spiro atoms. The standard InChI is InChI=1S/C9H17NO/c1-3-4-5-6-7-8-9-10-11-2/h7-9H,3-6H2,1-2H3/b8-7+,10-9-. The molecule has 0 N–H and O–H groups in total. The third-order valence-electron chi connectivity index (χ3n) is 1.36. The Hall–Kier alpha value is -0.790. The molecule has 0 aromatic rings. The summed E-state index contributed by atoms with van der Waals surface area (Å²) in [5.41, 5.74) is 0. The van der Waals surface area contributed by atoms with Gasteiger partial charge in [-0.25, -0.2) is 0 Å². The summed E-state index contributed by atoms with van der Waals surface area (Å²) in [6.45, 7) is 2.20. The predicted octanol–water partition coefficient (Wildman–Crippen LogP) is 2.76. The van der Waals surface area contributed by atoms with Crippen molar-refractivity contribution >= 4 is 6.21 Å². The number of oxime groups is 1. The minimum Gasteiger partial charge on any atom is -0.399 e. The minimum absolute atomic E-state index is 1.14. The molecule has 0 bridgehead atoms. The summed E-state index contributed by atoms with van der Waals surface area (Å²) < 4.78 is 0. The maximum atomic E-state index is 4.49. The van der Waals surface area contributed by atoms with Crippen LogP contribution >= 0.6 is 0 Å². The molecule has 0 aromatic heterocycles. The highest BCUT2D eigenvalue weighted by atomic mass is 16.6. The topological polar surface area (TPSA) is 21.6 Å². The molecule has 2 nitrogen and oxygen atoms in total. The average molecular weight is 155 g/mol. The molecule has 0 unspecified atom stereocenters. The van der Waals surface area contributed by atoms with E-state index in [1.165, 1.54) is 19.3 Å². The van der Waals surface area contributed by atoms with E-state index in [1.807, 2.05) is 6.08 Å². The van der Waals surface area contributed by atoms with Crippen molar-refractivity contribution in [2.75, 3.05) is 7.11 Å². The quantitative estimate of drug-likeness (QED) is 0.328. The molecule has 0 saturated carbocycles. The monoisotopic (exact) mass is 155 g/mol. The van der Waals surface area contributed by atoms with Crippen LogP contribution in [0.1, 0.15) is 32.6 Å². The fraction of sp³-hybridized carbons (Fsp3) is 0.667. The molecule has 0 saturated heterocycles. The number of nitrogens with zero attached hydrogens (tertiary/aromatic N) is 1. The van der Waals surface area contributed by atoms with E-state index < -0.39 is 0 Å². The van der Waals surface area contributed by atoms with Gasteiger partial charge in [0.15, 0.2) is 0 Å². The fourth-order valence-corrected chi connectivity index (χ4v) is 0.765. The van der Waals surface area contributed by atoms with Crippen molar-refractivity contribution in [3.8, 4) is 0 Å². The SMILES string of the molecule is CCCCC/C=C/C=N\OC. The molecule has 0 aliphatic carbocycles. The Morgan fingerprint density at radius 2 is 2.18 bits per heavy atom. The van der Waals surface area contributed by atoms with E-state index in [-0.39, 0.29) is 0 Å². The molecule has 0 atom stereocenters. The molecular weight excluding hydrogens is 138 g/mol. The first kappa shape index (κ1) is 10.2. The van der Waals surface area contributed by atoms with Crippen LogP contribution in [0.25, 0.3) is 0 Å². The van der Waals surface area contributed by atoms with Crippen LogP contribution in [-0.2, 0) is 4.84 Å². The lowest BCUT2D eigenvalue weighted by atomic mass is 10.2. The van der Waals surface area contributed by atoms with Gasteiger partial charge in [-0.15, -0.1) is 0 Å². The highest BCUT2D eigenvalue weighted by molar-refractivity contribution is 5.70. The van der Waals surface area contributed by atoms with Gasteiger partial charge in [0.05, 0.1) is 6.21 Å². The van der Waals surface area contributed by atoms with Crippen LogP contribution in [0, 0.1) is 0 Å². The van der Waals surface area contributed by atoms with E-state index in [4.69, 9.17) is 0 Å². The summed E-state index contributed by atoms with van der Waals surface area (Å²) in [7, 11) is 1.54. The van der Waals surface area contributed by atoms with Gasteiger partial charge in [-0.2, -0.15) is 0 Å². The van der Waals surface area contributed by atoms with E-state index in [0.717, 1.165) is 6.42 Å². The molecule has 2 heteroatoms. The zero-order valence-corrected chi connectivity index (χ0v) is 7.42. The maximum absolute atomic E-state index is 4.49. The van der Waals surface area contributed by atoms with Gasteiger partial charge in [0, 0.05) is 0 Å². The highest BCUT2D eigenvalue weighted by Crippen LogP contribution is 1.98.